The number of para-hydroxylation sites is 3. The molecule has 14 aromatic rings. The van der Waals surface area contributed by atoms with E-state index in [9.17, 15) is 0 Å². The molecule has 65 heavy (non-hydrogen) atoms. The van der Waals surface area contributed by atoms with E-state index in [2.05, 4.69) is 234 Å². The van der Waals surface area contributed by atoms with Crippen LogP contribution < -0.4 is 0 Å². The van der Waals surface area contributed by atoms with Crippen LogP contribution in [-0.2, 0) is 0 Å². The quantitative estimate of drug-likeness (QED) is 0.158. The van der Waals surface area contributed by atoms with Crippen LogP contribution in [0.2, 0.25) is 0 Å². The third-order valence-electron chi connectivity index (χ3n) is 13.5. The standard InChI is InChI=1S/C61H37N3S/c1-3-16-38(17-4-1)40-20-15-21-43(34-40)63-52-27-12-8-22-44(52)48-35-41(30-32-54(48)63)42-31-33-55-49(36-42)45-23-9-13-28-53(45)64(55)56-37-50-58(59-47-25-10-14-29-57(47)65-61(56)59)46-24-7-11-26-51(46)62-60(50)39-18-5-2-6-19-39/h1-37H. The van der Waals surface area contributed by atoms with Crippen LogP contribution in [0.5, 0.6) is 0 Å². The number of nitrogens with zero attached hydrogens (tertiary/aromatic N) is 3. The molecule has 0 bridgehead atoms. The summed E-state index contributed by atoms with van der Waals surface area (Å²) in [7, 11) is 0. The van der Waals surface area contributed by atoms with Crippen molar-refractivity contribution in [2.45, 2.75) is 0 Å². The summed E-state index contributed by atoms with van der Waals surface area (Å²) in [5, 5.41) is 11.1. The number of hydrogen-bond donors (Lipinski definition) is 0. The maximum atomic E-state index is 5.41. The number of rotatable bonds is 5. The maximum absolute atomic E-state index is 5.41. The Morgan fingerprint density at radius 3 is 1.58 bits per heavy atom. The molecule has 0 atom stereocenters. The zero-order valence-electron chi connectivity index (χ0n) is 35.1. The van der Waals surface area contributed by atoms with Gasteiger partial charge in [-0.3, -0.25) is 0 Å². The van der Waals surface area contributed by atoms with Gasteiger partial charge in [-0.25, -0.2) is 4.98 Å². The van der Waals surface area contributed by atoms with E-state index in [4.69, 9.17) is 4.98 Å². The van der Waals surface area contributed by atoms with E-state index in [1.807, 2.05) is 11.3 Å². The lowest BCUT2D eigenvalue weighted by Gasteiger charge is -2.16. The highest BCUT2D eigenvalue weighted by molar-refractivity contribution is 7.26. The lowest BCUT2D eigenvalue weighted by Crippen LogP contribution is -1.97. The summed E-state index contributed by atoms with van der Waals surface area (Å²) in [6.45, 7) is 0. The lowest BCUT2D eigenvalue weighted by molar-refractivity contribution is 1.18. The Kier molecular flexibility index (Phi) is 7.85. The largest absolute Gasteiger partial charge is 0.309 e. The van der Waals surface area contributed by atoms with Crippen LogP contribution in [0.3, 0.4) is 0 Å². The molecule has 0 fully saturated rings. The highest BCUT2D eigenvalue weighted by Crippen LogP contribution is 2.48. The normalized spacial score (nSPS) is 12.0. The van der Waals surface area contributed by atoms with Crippen LogP contribution in [0.4, 0.5) is 0 Å². The van der Waals surface area contributed by atoms with Crippen molar-refractivity contribution in [1.29, 1.82) is 0 Å². The van der Waals surface area contributed by atoms with E-state index >= 15 is 0 Å². The van der Waals surface area contributed by atoms with Crippen molar-refractivity contribution < 1.29 is 0 Å². The maximum Gasteiger partial charge on any atom is 0.0789 e. The molecule has 0 amide bonds. The van der Waals surface area contributed by atoms with Crippen molar-refractivity contribution in [3.63, 3.8) is 0 Å². The van der Waals surface area contributed by atoms with Gasteiger partial charge in [0.05, 0.1) is 43.7 Å². The number of pyridine rings is 1. The molecule has 0 aliphatic carbocycles. The summed E-state index contributed by atoms with van der Waals surface area (Å²) in [6, 6.07) is 82.0. The third kappa shape index (κ3) is 5.45. The predicted molar refractivity (Wildman–Crippen MR) is 277 cm³/mol. The first-order chi connectivity index (χ1) is 32.2. The van der Waals surface area contributed by atoms with Gasteiger partial charge < -0.3 is 9.13 Å². The van der Waals surface area contributed by atoms with Gasteiger partial charge in [0.2, 0.25) is 0 Å². The van der Waals surface area contributed by atoms with Crippen molar-refractivity contribution >= 4 is 96.8 Å². The molecule has 0 saturated heterocycles. The van der Waals surface area contributed by atoms with Crippen LogP contribution in [0.15, 0.2) is 224 Å². The van der Waals surface area contributed by atoms with E-state index < -0.39 is 0 Å². The molecule has 0 aliphatic heterocycles. The summed E-state index contributed by atoms with van der Waals surface area (Å²) < 4.78 is 7.48. The van der Waals surface area contributed by atoms with Crippen LogP contribution in [0, 0.1) is 0 Å². The first kappa shape index (κ1) is 36.2. The lowest BCUT2D eigenvalue weighted by atomic mass is 9.95. The minimum Gasteiger partial charge on any atom is -0.309 e. The van der Waals surface area contributed by atoms with Gasteiger partial charge >= 0.3 is 0 Å². The molecule has 0 aliphatic rings. The van der Waals surface area contributed by atoms with E-state index in [0.29, 0.717) is 0 Å². The highest BCUT2D eigenvalue weighted by Gasteiger charge is 2.23. The molecule has 0 saturated carbocycles. The summed E-state index contributed by atoms with van der Waals surface area (Å²) in [4.78, 5) is 5.41. The van der Waals surface area contributed by atoms with Crippen molar-refractivity contribution in [1.82, 2.24) is 14.1 Å². The average molecular weight is 844 g/mol. The number of benzene rings is 10. The molecular formula is C61H37N3S. The molecule has 302 valence electrons. The molecule has 14 rings (SSSR count). The SMILES string of the molecule is c1ccc(-c2cccc(-n3c4ccccc4c4cc(-c5ccc6c(c5)c5ccccc5n6-c5cc6c(-c7ccccc7)nc7ccccc7c6c6c5sc5ccccc56)ccc43)c2)cc1. The summed E-state index contributed by atoms with van der Waals surface area (Å²) >= 11 is 1.89. The van der Waals surface area contributed by atoms with E-state index in [1.54, 1.807) is 0 Å². The van der Waals surface area contributed by atoms with Gasteiger partial charge in [0.15, 0.2) is 0 Å². The number of aromatic nitrogens is 3. The molecule has 0 N–H and O–H groups in total. The minimum atomic E-state index is 1.00. The molecule has 10 aromatic carbocycles. The molecule has 0 radical (unpaired) electrons. The van der Waals surface area contributed by atoms with Crippen molar-refractivity contribution in [2.24, 2.45) is 0 Å². The fraction of sp³-hybridized carbons (Fsp3) is 0. The van der Waals surface area contributed by atoms with Gasteiger partial charge in [-0.15, -0.1) is 11.3 Å². The third-order valence-corrected chi connectivity index (χ3v) is 14.7. The molecule has 4 heterocycles. The molecule has 0 spiro atoms. The fourth-order valence-corrected chi connectivity index (χ4v) is 11.8. The Morgan fingerprint density at radius 1 is 0.323 bits per heavy atom. The summed E-state index contributed by atoms with van der Waals surface area (Å²) in [5.74, 6) is 0. The van der Waals surface area contributed by atoms with Crippen molar-refractivity contribution in [3.8, 4) is 44.9 Å². The smallest absolute Gasteiger partial charge is 0.0789 e. The zero-order valence-corrected chi connectivity index (χ0v) is 35.9. The van der Waals surface area contributed by atoms with Gasteiger partial charge in [0, 0.05) is 64.4 Å². The molecular weight excluding hydrogens is 807 g/mol. The molecule has 4 heteroatoms. The second-order valence-electron chi connectivity index (χ2n) is 17.0. The van der Waals surface area contributed by atoms with Gasteiger partial charge in [0.25, 0.3) is 0 Å². The highest BCUT2D eigenvalue weighted by atomic mass is 32.1. The monoisotopic (exact) mass is 843 g/mol. The summed E-state index contributed by atoms with van der Waals surface area (Å²) in [6.07, 6.45) is 0. The zero-order chi connectivity index (χ0) is 42.6. The molecule has 4 aromatic heterocycles. The summed E-state index contributed by atoms with van der Waals surface area (Å²) in [5.41, 5.74) is 15.0. The van der Waals surface area contributed by atoms with Gasteiger partial charge in [-0.2, -0.15) is 0 Å². The second-order valence-corrected chi connectivity index (χ2v) is 18.1. The van der Waals surface area contributed by atoms with Crippen LogP contribution in [-0.4, -0.2) is 14.1 Å². The molecule has 3 nitrogen and oxygen atoms in total. The second kappa shape index (κ2) is 14.1. The first-order valence-corrected chi connectivity index (χ1v) is 23.0. The predicted octanol–water partition coefficient (Wildman–Crippen LogP) is 17.0. The first-order valence-electron chi connectivity index (χ1n) is 22.2. The van der Waals surface area contributed by atoms with E-state index in [0.717, 1.165) is 27.8 Å². The Balaban J connectivity index is 0.999. The van der Waals surface area contributed by atoms with Gasteiger partial charge in [-0.1, -0.05) is 158 Å². The van der Waals surface area contributed by atoms with Crippen LogP contribution >= 0.6 is 11.3 Å². The van der Waals surface area contributed by atoms with Crippen LogP contribution in [0.1, 0.15) is 0 Å². The van der Waals surface area contributed by atoms with Crippen molar-refractivity contribution in [2.75, 3.05) is 0 Å². The minimum absolute atomic E-state index is 1.00. The van der Waals surface area contributed by atoms with Gasteiger partial charge in [0.1, 0.15) is 0 Å². The van der Waals surface area contributed by atoms with Crippen LogP contribution in [0.25, 0.3) is 130 Å². The Hall–Kier alpha value is -8.31. The van der Waals surface area contributed by atoms with E-state index in [-0.39, 0.29) is 0 Å². The number of hydrogen-bond acceptors (Lipinski definition) is 2. The fourth-order valence-electron chi connectivity index (χ4n) is 10.6. The number of fused-ring (bicyclic) bond motifs is 13. The topological polar surface area (TPSA) is 22.8 Å². The van der Waals surface area contributed by atoms with Crippen molar-refractivity contribution in [3.05, 3.63) is 224 Å². The Morgan fingerprint density at radius 2 is 0.862 bits per heavy atom. The van der Waals surface area contributed by atoms with E-state index in [1.165, 1.54) is 102 Å². The van der Waals surface area contributed by atoms with Gasteiger partial charge in [-0.05, 0) is 89.0 Å². The molecule has 0 unspecified atom stereocenters. The Labute approximate surface area is 378 Å². The average Bonchev–Trinajstić information content (AvgIpc) is 4.04. The number of thiophene rings is 1. The Bertz CT molecular complexity index is 4230.